The molecule has 1 heterocycles. The first kappa shape index (κ1) is 15.8. The number of nitrogens with one attached hydrogen (secondary N) is 2. The number of nitrogens with zero attached hydrogens (tertiary/aromatic N) is 1. The van der Waals surface area contributed by atoms with Gasteiger partial charge in [-0.15, -0.1) is 0 Å². The zero-order chi connectivity index (χ0) is 15.1. The Kier molecular flexibility index (Phi) is 5.99. The Labute approximate surface area is 130 Å². The predicted octanol–water partition coefficient (Wildman–Crippen LogP) is 3.16. The van der Waals surface area contributed by atoms with Crippen molar-refractivity contribution in [2.75, 3.05) is 25.1 Å². The summed E-state index contributed by atoms with van der Waals surface area (Å²) < 4.78 is 5.89. The van der Waals surface area contributed by atoms with Gasteiger partial charge in [-0.25, -0.2) is 4.99 Å². The lowest BCUT2D eigenvalue weighted by molar-refractivity contribution is 0.548. The van der Waals surface area contributed by atoms with Crippen LogP contribution in [0.15, 0.2) is 33.7 Å². The molecule has 0 aliphatic rings. The Morgan fingerprint density at radius 1 is 1.29 bits per heavy atom. The van der Waals surface area contributed by atoms with Crippen LogP contribution in [-0.4, -0.2) is 31.1 Å². The number of rotatable bonds is 6. The molecular formula is C16H23N3OS. The second-order valence-electron chi connectivity index (χ2n) is 4.76. The molecule has 4 nitrogen and oxygen atoms in total. The normalized spacial score (nSPS) is 11.9. The summed E-state index contributed by atoms with van der Waals surface area (Å²) in [5, 5.41) is 7.74. The maximum Gasteiger partial charge on any atom is 0.191 e. The number of aliphatic imine (C=N–C) groups is 1. The van der Waals surface area contributed by atoms with Crippen LogP contribution in [0.2, 0.25) is 0 Å². The van der Waals surface area contributed by atoms with Crippen LogP contribution in [0.5, 0.6) is 0 Å². The number of para-hydroxylation sites is 1. The molecule has 21 heavy (non-hydrogen) atoms. The summed E-state index contributed by atoms with van der Waals surface area (Å²) in [6.07, 6.45) is 2.10. The van der Waals surface area contributed by atoms with Crippen molar-refractivity contribution in [1.29, 1.82) is 0 Å². The third-order valence-electron chi connectivity index (χ3n) is 3.27. The number of fused-ring (bicyclic) bond motifs is 1. The number of aryl methyl sites for hydroxylation is 1. The van der Waals surface area contributed by atoms with Gasteiger partial charge in [0.25, 0.3) is 0 Å². The van der Waals surface area contributed by atoms with Crippen LogP contribution < -0.4 is 10.6 Å². The highest BCUT2D eigenvalue weighted by molar-refractivity contribution is 7.98. The monoisotopic (exact) mass is 305 g/mol. The molecule has 0 aliphatic carbocycles. The topological polar surface area (TPSA) is 49.6 Å². The van der Waals surface area contributed by atoms with Gasteiger partial charge < -0.3 is 15.1 Å². The number of hydrogen-bond donors (Lipinski definition) is 2. The maximum absolute atomic E-state index is 5.89. The van der Waals surface area contributed by atoms with E-state index in [-0.39, 0.29) is 0 Å². The van der Waals surface area contributed by atoms with Crippen LogP contribution in [0.25, 0.3) is 11.0 Å². The summed E-state index contributed by atoms with van der Waals surface area (Å²) in [6.45, 7) is 6.47. The van der Waals surface area contributed by atoms with E-state index in [1.165, 1.54) is 10.9 Å². The van der Waals surface area contributed by atoms with Crippen molar-refractivity contribution in [1.82, 2.24) is 10.6 Å². The van der Waals surface area contributed by atoms with Gasteiger partial charge in [-0.05, 0) is 26.2 Å². The Morgan fingerprint density at radius 3 is 2.81 bits per heavy atom. The first-order chi connectivity index (χ1) is 10.3. The molecule has 0 bridgehead atoms. The molecule has 5 heteroatoms. The van der Waals surface area contributed by atoms with Gasteiger partial charge in [0, 0.05) is 29.8 Å². The van der Waals surface area contributed by atoms with Gasteiger partial charge in [-0.1, -0.05) is 18.2 Å². The van der Waals surface area contributed by atoms with Gasteiger partial charge in [0.15, 0.2) is 5.96 Å². The zero-order valence-electron chi connectivity index (χ0n) is 12.9. The Balaban J connectivity index is 2.09. The van der Waals surface area contributed by atoms with Crippen molar-refractivity contribution in [2.24, 2.45) is 4.99 Å². The Morgan fingerprint density at radius 2 is 2.10 bits per heavy atom. The van der Waals surface area contributed by atoms with Gasteiger partial charge in [0.05, 0.1) is 0 Å². The average molecular weight is 305 g/mol. The minimum atomic E-state index is 0.551. The summed E-state index contributed by atoms with van der Waals surface area (Å²) in [7, 11) is 0. The van der Waals surface area contributed by atoms with Gasteiger partial charge in [-0.2, -0.15) is 11.8 Å². The summed E-state index contributed by atoms with van der Waals surface area (Å²) in [6, 6.07) is 8.11. The lowest BCUT2D eigenvalue weighted by Gasteiger charge is -2.10. The fraction of sp³-hybridized carbons (Fsp3) is 0.438. The molecule has 1 aromatic carbocycles. The van der Waals surface area contributed by atoms with Crippen LogP contribution in [0, 0.1) is 6.92 Å². The lowest BCUT2D eigenvalue weighted by Crippen LogP contribution is -2.38. The maximum atomic E-state index is 5.89. The fourth-order valence-corrected chi connectivity index (χ4v) is 2.45. The van der Waals surface area contributed by atoms with Crippen LogP contribution in [0.4, 0.5) is 0 Å². The SMILES string of the molecule is CCNC(=NCc1oc2ccccc2c1C)NCCSC. The van der Waals surface area contributed by atoms with Crippen LogP contribution in [0.3, 0.4) is 0 Å². The van der Waals surface area contributed by atoms with E-state index in [0.29, 0.717) is 6.54 Å². The first-order valence-corrected chi connectivity index (χ1v) is 8.63. The van der Waals surface area contributed by atoms with E-state index in [1.54, 1.807) is 0 Å². The highest BCUT2D eigenvalue weighted by Gasteiger charge is 2.09. The minimum absolute atomic E-state index is 0.551. The van der Waals surface area contributed by atoms with E-state index in [0.717, 1.165) is 36.1 Å². The van der Waals surface area contributed by atoms with Gasteiger partial charge in [0.1, 0.15) is 17.9 Å². The molecular weight excluding hydrogens is 282 g/mol. The molecule has 0 saturated carbocycles. The molecule has 0 fully saturated rings. The Hall–Kier alpha value is -1.62. The van der Waals surface area contributed by atoms with Gasteiger partial charge in [-0.3, -0.25) is 0 Å². The molecule has 0 amide bonds. The molecule has 0 saturated heterocycles. The quantitative estimate of drug-likeness (QED) is 0.489. The molecule has 0 unspecified atom stereocenters. The molecule has 0 spiro atoms. The summed E-state index contributed by atoms with van der Waals surface area (Å²) in [5.74, 6) is 2.83. The van der Waals surface area contributed by atoms with E-state index in [9.17, 15) is 0 Å². The lowest BCUT2D eigenvalue weighted by atomic mass is 10.1. The second-order valence-corrected chi connectivity index (χ2v) is 5.75. The number of benzene rings is 1. The highest BCUT2D eigenvalue weighted by atomic mass is 32.2. The zero-order valence-corrected chi connectivity index (χ0v) is 13.7. The second kappa shape index (κ2) is 7.98. The fourth-order valence-electron chi connectivity index (χ4n) is 2.14. The molecule has 114 valence electrons. The number of thioether (sulfide) groups is 1. The molecule has 0 aliphatic heterocycles. The summed E-state index contributed by atoms with van der Waals surface area (Å²) in [5.41, 5.74) is 2.11. The largest absolute Gasteiger partial charge is 0.459 e. The third-order valence-corrected chi connectivity index (χ3v) is 3.88. The van der Waals surface area contributed by atoms with E-state index < -0.39 is 0 Å². The standard InChI is InChI=1S/C16H23N3OS/c1-4-17-16(18-9-10-21-3)19-11-15-12(2)13-7-5-6-8-14(13)20-15/h5-8H,4,9-11H2,1-3H3,(H2,17,18,19). The van der Waals surface area contributed by atoms with E-state index in [4.69, 9.17) is 4.42 Å². The minimum Gasteiger partial charge on any atom is -0.459 e. The van der Waals surface area contributed by atoms with Crippen LogP contribution in [0.1, 0.15) is 18.2 Å². The summed E-state index contributed by atoms with van der Waals surface area (Å²) >= 11 is 1.82. The summed E-state index contributed by atoms with van der Waals surface area (Å²) in [4.78, 5) is 4.60. The van der Waals surface area contributed by atoms with Crippen molar-refractivity contribution < 1.29 is 4.42 Å². The predicted molar refractivity (Wildman–Crippen MR) is 92.2 cm³/mol. The van der Waals surface area contributed by atoms with E-state index >= 15 is 0 Å². The molecule has 1 aromatic heterocycles. The van der Waals surface area contributed by atoms with Gasteiger partial charge >= 0.3 is 0 Å². The number of hydrogen-bond acceptors (Lipinski definition) is 3. The molecule has 2 rings (SSSR count). The highest BCUT2D eigenvalue weighted by Crippen LogP contribution is 2.25. The van der Waals surface area contributed by atoms with Gasteiger partial charge in [0.2, 0.25) is 0 Å². The number of furan rings is 1. The van der Waals surface area contributed by atoms with Crippen LogP contribution >= 0.6 is 11.8 Å². The van der Waals surface area contributed by atoms with Crippen molar-refractivity contribution in [2.45, 2.75) is 20.4 Å². The third kappa shape index (κ3) is 4.17. The number of guanidine groups is 1. The first-order valence-electron chi connectivity index (χ1n) is 7.24. The Bertz CT molecular complexity index is 607. The smallest absolute Gasteiger partial charge is 0.191 e. The van der Waals surface area contributed by atoms with Crippen LogP contribution in [-0.2, 0) is 6.54 Å². The molecule has 0 atom stereocenters. The van der Waals surface area contributed by atoms with Crippen molar-refractivity contribution in [3.8, 4) is 0 Å². The molecule has 0 radical (unpaired) electrons. The van der Waals surface area contributed by atoms with E-state index in [2.05, 4.69) is 41.8 Å². The van der Waals surface area contributed by atoms with E-state index in [1.807, 2.05) is 30.0 Å². The van der Waals surface area contributed by atoms with Crippen molar-refractivity contribution in [3.05, 3.63) is 35.6 Å². The van der Waals surface area contributed by atoms with Crippen molar-refractivity contribution >= 4 is 28.7 Å². The van der Waals surface area contributed by atoms with Crippen molar-refractivity contribution in [3.63, 3.8) is 0 Å². The molecule has 2 aromatic rings. The average Bonchev–Trinajstić information content (AvgIpc) is 2.82. The molecule has 2 N–H and O–H groups in total.